The first-order valence-corrected chi connectivity index (χ1v) is 9.96. The lowest BCUT2D eigenvalue weighted by atomic mass is 9.92. The molecule has 1 aliphatic heterocycles. The molecule has 1 aromatic rings. The van der Waals surface area contributed by atoms with Gasteiger partial charge in [-0.2, -0.15) is 0 Å². The molecule has 1 saturated carbocycles. The summed E-state index contributed by atoms with van der Waals surface area (Å²) in [5.41, 5.74) is 6.93. The van der Waals surface area contributed by atoms with Gasteiger partial charge in [0.2, 0.25) is 11.8 Å². The van der Waals surface area contributed by atoms with Crippen LogP contribution in [0.1, 0.15) is 50.5 Å². The van der Waals surface area contributed by atoms with E-state index in [0.717, 1.165) is 44.9 Å². The van der Waals surface area contributed by atoms with E-state index in [1.165, 1.54) is 5.56 Å². The Labute approximate surface area is 156 Å². The standard InChI is InChI=1S/C21H31N3O2/c22-16-21(12-4-5-13-21)23-20(26)18-10-14-24(15-11-18)19(25)9-8-17-6-2-1-3-7-17/h1-3,6-7,18H,4-5,8-16,22H2,(H,23,26). The average Bonchev–Trinajstić information content (AvgIpc) is 3.16. The van der Waals surface area contributed by atoms with E-state index < -0.39 is 0 Å². The van der Waals surface area contributed by atoms with Gasteiger partial charge in [0, 0.05) is 32.0 Å². The molecule has 142 valence electrons. The van der Waals surface area contributed by atoms with Crippen molar-refractivity contribution in [1.82, 2.24) is 10.2 Å². The third kappa shape index (κ3) is 4.64. The molecule has 0 radical (unpaired) electrons. The van der Waals surface area contributed by atoms with Gasteiger partial charge in [0.1, 0.15) is 0 Å². The maximum absolute atomic E-state index is 12.6. The Bertz CT molecular complexity index is 603. The van der Waals surface area contributed by atoms with Crippen molar-refractivity contribution in [2.75, 3.05) is 19.6 Å². The molecular weight excluding hydrogens is 326 g/mol. The number of piperidine rings is 1. The highest BCUT2D eigenvalue weighted by atomic mass is 16.2. The fourth-order valence-electron chi connectivity index (χ4n) is 4.24. The molecule has 1 aliphatic carbocycles. The molecule has 5 heteroatoms. The maximum atomic E-state index is 12.6. The van der Waals surface area contributed by atoms with Gasteiger partial charge in [0.15, 0.2) is 0 Å². The van der Waals surface area contributed by atoms with Crippen molar-refractivity contribution in [3.05, 3.63) is 35.9 Å². The zero-order valence-corrected chi connectivity index (χ0v) is 15.6. The van der Waals surface area contributed by atoms with E-state index in [9.17, 15) is 9.59 Å². The summed E-state index contributed by atoms with van der Waals surface area (Å²) in [7, 11) is 0. The lowest BCUT2D eigenvalue weighted by Crippen LogP contribution is -2.54. The largest absolute Gasteiger partial charge is 0.349 e. The number of carbonyl (C=O) groups is 2. The fourth-order valence-corrected chi connectivity index (χ4v) is 4.24. The number of carbonyl (C=O) groups excluding carboxylic acids is 2. The lowest BCUT2D eigenvalue weighted by Gasteiger charge is -2.35. The number of hydrogen-bond acceptors (Lipinski definition) is 3. The predicted molar refractivity (Wildman–Crippen MR) is 102 cm³/mol. The van der Waals surface area contributed by atoms with Crippen LogP contribution >= 0.6 is 0 Å². The molecule has 0 spiro atoms. The van der Waals surface area contributed by atoms with Gasteiger partial charge in [-0.25, -0.2) is 0 Å². The van der Waals surface area contributed by atoms with E-state index in [4.69, 9.17) is 5.73 Å². The second-order valence-electron chi connectivity index (χ2n) is 7.82. The molecule has 0 atom stereocenters. The third-order valence-electron chi connectivity index (χ3n) is 6.03. The molecule has 3 N–H and O–H groups in total. The van der Waals surface area contributed by atoms with E-state index in [-0.39, 0.29) is 23.3 Å². The summed E-state index contributed by atoms with van der Waals surface area (Å²) in [5.74, 6) is 0.341. The van der Waals surface area contributed by atoms with E-state index in [0.29, 0.717) is 26.1 Å². The topological polar surface area (TPSA) is 75.4 Å². The molecule has 0 bridgehead atoms. The Morgan fingerprint density at radius 2 is 1.77 bits per heavy atom. The second kappa shape index (κ2) is 8.67. The van der Waals surface area contributed by atoms with Crippen LogP contribution < -0.4 is 11.1 Å². The molecular formula is C21H31N3O2. The van der Waals surface area contributed by atoms with Gasteiger partial charge in [-0.05, 0) is 37.7 Å². The van der Waals surface area contributed by atoms with Crippen LogP contribution in [0.25, 0.3) is 0 Å². The Morgan fingerprint density at radius 3 is 2.38 bits per heavy atom. The van der Waals surface area contributed by atoms with Crippen molar-refractivity contribution in [1.29, 1.82) is 0 Å². The van der Waals surface area contributed by atoms with E-state index in [2.05, 4.69) is 17.4 Å². The van der Waals surface area contributed by atoms with Crippen molar-refractivity contribution >= 4 is 11.8 Å². The third-order valence-corrected chi connectivity index (χ3v) is 6.03. The molecule has 3 rings (SSSR count). The number of rotatable bonds is 6. The van der Waals surface area contributed by atoms with Crippen LogP contribution in [0, 0.1) is 5.92 Å². The quantitative estimate of drug-likeness (QED) is 0.820. The Morgan fingerprint density at radius 1 is 1.12 bits per heavy atom. The molecule has 1 saturated heterocycles. The maximum Gasteiger partial charge on any atom is 0.223 e. The highest BCUT2D eigenvalue weighted by molar-refractivity contribution is 5.81. The number of benzene rings is 1. The van der Waals surface area contributed by atoms with Gasteiger partial charge in [-0.15, -0.1) is 0 Å². The van der Waals surface area contributed by atoms with Crippen LogP contribution in [0.15, 0.2) is 30.3 Å². The lowest BCUT2D eigenvalue weighted by molar-refractivity contribution is -0.136. The smallest absolute Gasteiger partial charge is 0.223 e. The zero-order chi connectivity index (χ0) is 18.4. The van der Waals surface area contributed by atoms with Crippen molar-refractivity contribution in [3.63, 3.8) is 0 Å². The monoisotopic (exact) mass is 357 g/mol. The number of aryl methyl sites for hydroxylation is 1. The minimum absolute atomic E-state index is 0.0113. The summed E-state index contributed by atoms with van der Waals surface area (Å²) in [6.45, 7) is 1.89. The average molecular weight is 357 g/mol. The molecule has 0 aromatic heterocycles. The van der Waals surface area contributed by atoms with Gasteiger partial charge < -0.3 is 16.0 Å². The summed E-state index contributed by atoms with van der Waals surface area (Å²) < 4.78 is 0. The van der Waals surface area contributed by atoms with E-state index in [1.807, 2.05) is 23.1 Å². The summed E-state index contributed by atoms with van der Waals surface area (Å²) >= 11 is 0. The molecule has 2 fully saturated rings. The number of likely N-dealkylation sites (tertiary alicyclic amines) is 1. The summed E-state index contributed by atoms with van der Waals surface area (Å²) in [4.78, 5) is 27.0. The SMILES string of the molecule is NCC1(NC(=O)C2CCN(C(=O)CCc3ccccc3)CC2)CCCC1. The molecule has 1 aromatic carbocycles. The second-order valence-corrected chi connectivity index (χ2v) is 7.82. The van der Waals surface area contributed by atoms with Crippen LogP contribution in [0.3, 0.4) is 0 Å². The Kier molecular flexibility index (Phi) is 6.30. The summed E-state index contributed by atoms with van der Waals surface area (Å²) in [6.07, 6.45) is 7.10. The van der Waals surface area contributed by atoms with Crippen LogP contribution in [0.2, 0.25) is 0 Å². The van der Waals surface area contributed by atoms with E-state index in [1.54, 1.807) is 0 Å². The van der Waals surface area contributed by atoms with Gasteiger partial charge >= 0.3 is 0 Å². The van der Waals surface area contributed by atoms with Crippen LogP contribution in [0.5, 0.6) is 0 Å². The summed E-state index contributed by atoms with van der Waals surface area (Å²) in [5, 5.41) is 3.24. The fraction of sp³-hybridized carbons (Fsp3) is 0.619. The van der Waals surface area contributed by atoms with Crippen LogP contribution in [-0.4, -0.2) is 41.9 Å². The Balaban J connectivity index is 1.43. The number of nitrogens with zero attached hydrogens (tertiary/aromatic N) is 1. The number of hydrogen-bond donors (Lipinski definition) is 2. The first kappa shape index (κ1) is 18.9. The zero-order valence-electron chi connectivity index (χ0n) is 15.6. The van der Waals surface area contributed by atoms with Gasteiger partial charge in [0.05, 0.1) is 5.54 Å². The molecule has 0 unspecified atom stereocenters. The van der Waals surface area contributed by atoms with Crippen molar-refractivity contribution in [2.45, 2.75) is 56.9 Å². The molecule has 1 heterocycles. The summed E-state index contributed by atoms with van der Waals surface area (Å²) in [6, 6.07) is 10.1. The van der Waals surface area contributed by atoms with Crippen molar-refractivity contribution < 1.29 is 9.59 Å². The number of nitrogens with two attached hydrogens (primary N) is 1. The Hall–Kier alpha value is -1.88. The first-order valence-electron chi connectivity index (χ1n) is 9.96. The number of amides is 2. The minimum Gasteiger partial charge on any atom is -0.349 e. The van der Waals surface area contributed by atoms with E-state index >= 15 is 0 Å². The highest BCUT2D eigenvalue weighted by Crippen LogP contribution is 2.30. The highest BCUT2D eigenvalue weighted by Gasteiger charge is 2.36. The van der Waals surface area contributed by atoms with Gasteiger partial charge in [-0.1, -0.05) is 43.2 Å². The molecule has 26 heavy (non-hydrogen) atoms. The minimum atomic E-state index is -0.181. The van der Waals surface area contributed by atoms with Gasteiger partial charge in [-0.3, -0.25) is 9.59 Å². The van der Waals surface area contributed by atoms with Crippen molar-refractivity contribution in [2.24, 2.45) is 11.7 Å². The molecule has 2 aliphatic rings. The van der Waals surface area contributed by atoms with Crippen LogP contribution in [-0.2, 0) is 16.0 Å². The van der Waals surface area contributed by atoms with Crippen LogP contribution in [0.4, 0.5) is 0 Å². The predicted octanol–water partition coefficient (Wildman–Crippen LogP) is 2.25. The first-order chi connectivity index (χ1) is 12.6. The molecule has 5 nitrogen and oxygen atoms in total. The number of nitrogens with one attached hydrogen (secondary N) is 1. The van der Waals surface area contributed by atoms with Gasteiger partial charge in [0.25, 0.3) is 0 Å². The normalized spacial score (nSPS) is 20.1. The molecule has 2 amide bonds. The van der Waals surface area contributed by atoms with Crippen molar-refractivity contribution in [3.8, 4) is 0 Å².